The first-order chi connectivity index (χ1) is 9.10. The average Bonchev–Trinajstić information content (AvgIpc) is 2.41. The molecule has 0 radical (unpaired) electrons. The van der Waals surface area contributed by atoms with Crippen molar-refractivity contribution in [1.29, 1.82) is 0 Å². The highest BCUT2D eigenvalue weighted by molar-refractivity contribution is 5.41. The molecule has 0 spiro atoms. The number of benzene rings is 1. The summed E-state index contributed by atoms with van der Waals surface area (Å²) in [6, 6.07) is 3.01. The van der Waals surface area contributed by atoms with Crippen LogP contribution in [0.25, 0.3) is 0 Å². The van der Waals surface area contributed by atoms with Gasteiger partial charge in [-0.25, -0.2) is 24.0 Å². The Bertz CT molecular complexity index is 591. The summed E-state index contributed by atoms with van der Waals surface area (Å²) in [5.41, 5.74) is 2.21. The molecule has 0 bridgehead atoms. The maximum Gasteiger partial charge on any atom is 0.239 e. The lowest BCUT2D eigenvalue weighted by atomic mass is 10.2. The highest BCUT2D eigenvalue weighted by atomic mass is 19.1. The maximum absolute atomic E-state index is 13.4. The van der Waals surface area contributed by atoms with Crippen LogP contribution in [0.5, 0.6) is 0 Å². The Balaban J connectivity index is 2.16. The molecule has 5 nitrogen and oxygen atoms in total. The SMILES string of the molecule is NNc1ncc(F)c(NCc2cc(F)ccc2F)n1. The molecular weight excluding hydrogens is 259 g/mol. The van der Waals surface area contributed by atoms with Gasteiger partial charge < -0.3 is 5.32 Å². The Morgan fingerprint density at radius 2 is 1.95 bits per heavy atom. The minimum atomic E-state index is -0.726. The molecule has 0 unspecified atom stereocenters. The molecule has 1 aromatic carbocycles. The Kier molecular flexibility index (Phi) is 3.81. The second-order valence-electron chi connectivity index (χ2n) is 3.62. The number of anilines is 2. The van der Waals surface area contributed by atoms with Gasteiger partial charge in [0, 0.05) is 12.1 Å². The average molecular weight is 269 g/mol. The van der Waals surface area contributed by atoms with Gasteiger partial charge >= 0.3 is 0 Å². The first-order valence-electron chi connectivity index (χ1n) is 5.27. The molecule has 2 rings (SSSR count). The fourth-order valence-corrected chi connectivity index (χ4v) is 1.42. The fraction of sp³-hybridized carbons (Fsp3) is 0.0909. The third kappa shape index (κ3) is 3.10. The number of nitrogens with two attached hydrogens (primary N) is 1. The second-order valence-corrected chi connectivity index (χ2v) is 3.62. The zero-order valence-electron chi connectivity index (χ0n) is 9.62. The Morgan fingerprint density at radius 1 is 1.16 bits per heavy atom. The molecule has 0 atom stereocenters. The van der Waals surface area contributed by atoms with Crippen molar-refractivity contribution < 1.29 is 13.2 Å². The molecule has 1 aromatic heterocycles. The fourth-order valence-electron chi connectivity index (χ4n) is 1.42. The zero-order valence-corrected chi connectivity index (χ0v) is 9.62. The van der Waals surface area contributed by atoms with Crippen molar-refractivity contribution in [3.05, 3.63) is 47.4 Å². The molecule has 0 amide bonds. The zero-order chi connectivity index (χ0) is 13.8. The highest BCUT2D eigenvalue weighted by Crippen LogP contribution is 2.15. The summed E-state index contributed by atoms with van der Waals surface area (Å²) in [7, 11) is 0. The van der Waals surface area contributed by atoms with Crippen molar-refractivity contribution in [3.8, 4) is 0 Å². The van der Waals surface area contributed by atoms with E-state index in [9.17, 15) is 13.2 Å². The van der Waals surface area contributed by atoms with Crippen LogP contribution < -0.4 is 16.6 Å². The molecule has 8 heteroatoms. The highest BCUT2D eigenvalue weighted by Gasteiger charge is 2.08. The van der Waals surface area contributed by atoms with E-state index in [0.717, 1.165) is 24.4 Å². The van der Waals surface area contributed by atoms with Crippen LogP contribution in [-0.2, 0) is 6.54 Å². The minimum Gasteiger partial charge on any atom is -0.363 e. The Morgan fingerprint density at radius 3 is 2.68 bits per heavy atom. The number of aromatic nitrogens is 2. The molecule has 2 aromatic rings. The summed E-state index contributed by atoms with van der Waals surface area (Å²) in [6.07, 6.45) is 0.909. The van der Waals surface area contributed by atoms with Crippen molar-refractivity contribution in [2.24, 2.45) is 5.84 Å². The van der Waals surface area contributed by atoms with E-state index in [0.29, 0.717) is 0 Å². The van der Waals surface area contributed by atoms with E-state index >= 15 is 0 Å². The first-order valence-corrected chi connectivity index (χ1v) is 5.27. The van der Waals surface area contributed by atoms with Crippen LogP contribution in [0, 0.1) is 17.5 Å². The minimum absolute atomic E-state index is 0.00335. The molecule has 0 saturated heterocycles. The predicted octanol–water partition coefficient (Wildman–Crippen LogP) is 1.79. The summed E-state index contributed by atoms with van der Waals surface area (Å²) < 4.78 is 39.7. The van der Waals surface area contributed by atoms with Crippen molar-refractivity contribution in [1.82, 2.24) is 9.97 Å². The number of nitrogens with zero attached hydrogens (tertiary/aromatic N) is 2. The lowest BCUT2D eigenvalue weighted by molar-refractivity contribution is 0.586. The van der Waals surface area contributed by atoms with Crippen LogP contribution in [0.4, 0.5) is 24.9 Å². The van der Waals surface area contributed by atoms with Gasteiger partial charge in [0.1, 0.15) is 11.6 Å². The molecule has 4 N–H and O–H groups in total. The van der Waals surface area contributed by atoms with E-state index in [-0.39, 0.29) is 23.9 Å². The molecule has 100 valence electrons. The number of hydrogen-bond donors (Lipinski definition) is 3. The van der Waals surface area contributed by atoms with Crippen molar-refractivity contribution >= 4 is 11.8 Å². The Labute approximate surface area is 106 Å². The van der Waals surface area contributed by atoms with Crippen molar-refractivity contribution in [2.45, 2.75) is 6.54 Å². The van der Waals surface area contributed by atoms with E-state index in [1.807, 2.05) is 0 Å². The topological polar surface area (TPSA) is 75.9 Å². The number of hydrogen-bond acceptors (Lipinski definition) is 5. The van der Waals surface area contributed by atoms with Gasteiger partial charge in [0.05, 0.1) is 6.20 Å². The van der Waals surface area contributed by atoms with Crippen LogP contribution in [0.2, 0.25) is 0 Å². The van der Waals surface area contributed by atoms with E-state index in [4.69, 9.17) is 5.84 Å². The van der Waals surface area contributed by atoms with Gasteiger partial charge in [-0.1, -0.05) is 0 Å². The van der Waals surface area contributed by atoms with Gasteiger partial charge in [0.25, 0.3) is 0 Å². The van der Waals surface area contributed by atoms with Crippen molar-refractivity contribution in [2.75, 3.05) is 10.7 Å². The predicted molar refractivity (Wildman–Crippen MR) is 63.5 cm³/mol. The summed E-state index contributed by atoms with van der Waals surface area (Å²) in [5, 5.41) is 2.54. The van der Waals surface area contributed by atoms with Crippen LogP contribution in [0.15, 0.2) is 24.4 Å². The normalized spacial score (nSPS) is 10.3. The number of halogens is 3. The lowest BCUT2D eigenvalue weighted by Gasteiger charge is -2.08. The van der Waals surface area contributed by atoms with Crippen LogP contribution in [0.1, 0.15) is 5.56 Å². The number of hydrazine groups is 1. The van der Waals surface area contributed by atoms with Gasteiger partial charge in [-0.2, -0.15) is 4.98 Å². The smallest absolute Gasteiger partial charge is 0.239 e. The first kappa shape index (κ1) is 13.1. The van der Waals surface area contributed by atoms with Gasteiger partial charge in [0.15, 0.2) is 11.6 Å². The summed E-state index contributed by atoms with van der Waals surface area (Å²) in [5.74, 6) is 3.03. The summed E-state index contributed by atoms with van der Waals surface area (Å²) in [4.78, 5) is 7.26. The maximum atomic E-state index is 13.4. The monoisotopic (exact) mass is 269 g/mol. The van der Waals surface area contributed by atoms with Gasteiger partial charge in [-0.3, -0.25) is 5.43 Å². The van der Waals surface area contributed by atoms with Crippen molar-refractivity contribution in [3.63, 3.8) is 0 Å². The molecule has 1 heterocycles. The van der Waals surface area contributed by atoms with Gasteiger partial charge in [0.2, 0.25) is 5.95 Å². The Hall–Kier alpha value is -2.35. The number of nitrogens with one attached hydrogen (secondary N) is 2. The third-order valence-corrected chi connectivity index (χ3v) is 2.33. The van der Waals surface area contributed by atoms with E-state index in [2.05, 4.69) is 20.7 Å². The molecule has 0 aliphatic rings. The standard InChI is InChI=1S/C11H10F3N5/c12-7-1-2-8(13)6(3-7)4-16-10-9(14)5-17-11(18-10)19-15/h1-3,5H,4,15H2,(H2,16,17,18,19). The molecule has 0 aliphatic carbocycles. The number of rotatable bonds is 4. The van der Waals surface area contributed by atoms with Crippen LogP contribution in [-0.4, -0.2) is 9.97 Å². The van der Waals surface area contributed by atoms with Crippen LogP contribution in [0.3, 0.4) is 0 Å². The van der Waals surface area contributed by atoms with Gasteiger partial charge in [-0.05, 0) is 18.2 Å². The number of nitrogen functional groups attached to an aromatic ring is 1. The largest absolute Gasteiger partial charge is 0.363 e. The van der Waals surface area contributed by atoms with Gasteiger partial charge in [-0.15, -0.1) is 0 Å². The molecule has 19 heavy (non-hydrogen) atoms. The van der Waals surface area contributed by atoms with E-state index < -0.39 is 17.5 Å². The van der Waals surface area contributed by atoms with E-state index in [1.54, 1.807) is 0 Å². The van der Waals surface area contributed by atoms with Crippen LogP contribution >= 0.6 is 0 Å². The molecule has 0 fully saturated rings. The quantitative estimate of drug-likeness (QED) is 0.583. The second kappa shape index (κ2) is 5.53. The molecular formula is C11H10F3N5. The molecule has 0 aliphatic heterocycles. The lowest BCUT2D eigenvalue weighted by Crippen LogP contribution is -2.13. The third-order valence-electron chi connectivity index (χ3n) is 2.33. The molecule has 0 saturated carbocycles. The van der Waals surface area contributed by atoms with E-state index in [1.165, 1.54) is 0 Å². The summed E-state index contributed by atoms with van der Waals surface area (Å²) in [6.45, 7) is -0.123. The summed E-state index contributed by atoms with van der Waals surface area (Å²) >= 11 is 0.